The highest BCUT2D eigenvalue weighted by Crippen LogP contribution is 2.21. The molecule has 10 heteroatoms. The maximum absolute atomic E-state index is 12.2. The van der Waals surface area contributed by atoms with Gasteiger partial charge in [0.2, 0.25) is 11.6 Å². The van der Waals surface area contributed by atoms with Crippen molar-refractivity contribution in [3.8, 4) is 17.4 Å². The minimum atomic E-state index is -4.45. The molecule has 136 valence electrons. The maximum Gasteiger partial charge on any atom is 0.422 e. The van der Waals surface area contributed by atoms with Crippen molar-refractivity contribution < 1.29 is 31.6 Å². The van der Waals surface area contributed by atoms with Crippen LogP contribution in [-0.4, -0.2) is 28.8 Å². The summed E-state index contributed by atoms with van der Waals surface area (Å²) in [5.41, 5.74) is 0.555. The van der Waals surface area contributed by atoms with E-state index in [-0.39, 0.29) is 18.1 Å². The molecule has 3 heterocycles. The van der Waals surface area contributed by atoms with Gasteiger partial charge < -0.3 is 19.0 Å². The van der Waals surface area contributed by atoms with E-state index < -0.39 is 18.7 Å². The van der Waals surface area contributed by atoms with Crippen LogP contribution in [0.15, 0.2) is 51.7 Å². The number of hydrogen-bond acceptors (Lipinski definition) is 6. The third-order valence-electron chi connectivity index (χ3n) is 3.14. The van der Waals surface area contributed by atoms with Crippen molar-refractivity contribution in [2.75, 3.05) is 6.61 Å². The molecule has 26 heavy (non-hydrogen) atoms. The number of furan rings is 1. The molecule has 3 aromatic heterocycles. The van der Waals surface area contributed by atoms with Crippen LogP contribution in [0.1, 0.15) is 16.1 Å². The normalized spacial score (nSPS) is 11.3. The van der Waals surface area contributed by atoms with Crippen molar-refractivity contribution in [3.05, 3.63) is 54.0 Å². The third kappa shape index (κ3) is 4.62. The molecule has 0 fully saturated rings. The van der Waals surface area contributed by atoms with Crippen LogP contribution in [0.25, 0.3) is 11.5 Å². The molecule has 0 aliphatic carbocycles. The van der Waals surface area contributed by atoms with Crippen LogP contribution in [0, 0.1) is 0 Å². The van der Waals surface area contributed by atoms with Crippen molar-refractivity contribution in [2.24, 2.45) is 0 Å². The van der Waals surface area contributed by atoms with Gasteiger partial charge in [0.15, 0.2) is 18.1 Å². The maximum atomic E-state index is 12.2. The summed E-state index contributed by atoms with van der Waals surface area (Å²) < 4.78 is 51.2. The summed E-state index contributed by atoms with van der Waals surface area (Å²) in [7, 11) is 0. The van der Waals surface area contributed by atoms with Gasteiger partial charge in [-0.3, -0.25) is 4.79 Å². The average molecular weight is 367 g/mol. The van der Waals surface area contributed by atoms with Gasteiger partial charge in [-0.25, -0.2) is 4.98 Å². The van der Waals surface area contributed by atoms with Crippen LogP contribution in [0.5, 0.6) is 5.88 Å². The molecule has 0 aliphatic heterocycles. The molecule has 0 aromatic carbocycles. The summed E-state index contributed by atoms with van der Waals surface area (Å²) >= 11 is 0. The molecule has 0 radical (unpaired) electrons. The summed E-state index contributed by atoms with van der Waals surface area (Å²) in [6.45, 7) is -1.39. The molecular formula is C16H12F3N3O4. The lowest BCUT2D eigenvalue weighted by atomic mass is 10.2. The fourth-order valence-electron chi connectivity index (χ4n) is 1.99. The molecule has 0 spiro atoms. The molecule has 0 saturated heterocycles. The predicted molar refractivity (Wildman–Crippen MR) is 81.2 cm³/mol. The van der Waals surface area contributed by atoms with Gasteiger partial charge in [0.05, 0.1) is 6.26 Å². The number of carbonyl (C=O) groups excluding carboxylic acids is 1. The molecular weight excluding hydrogens is 355 g/mol. The van der Waals surface area contributed by atoms with Crippen LogP contribution in [0.3, 0.4) is 0 Å². The van der Waals surface area contributed by atoms with Crippen LogP contribution in [0.2, 0.25) is 0 Å². The van der Waals surface area contributed by atoms with Gasteiger partial charge in [-0.2, -0.15) is 13.2 Å². The highest BCUT2D eigenvalue weighted by atomic mass is 19.4. The fraction of sp³-hybridized carbons (Fsp3) is 0.188. The van der Waals surface area contributed by atoms with E-state index in [1.807, 2.05) is 0 Å². The van der Waals surface area contributed by atoms with Crippen molar-refractivity contribution >= 4 is 5.91 Å². The molecule has 0 unspecified atom stereocenters. The van der Waals surface area contributed by atoms with Crippen molar-refractivity contribution in [1.82, 2.24) is 15.5 Å². The van der Waals surface area contributed by atoms with E-state index in [9.17, 15) is 18.0 Å². The Morgan fingerprint density at radius 3 is 2.81 bits per heavy atom. The number of aromatic nitrogens is 2. The van der Waals surface area contributed by atoms with E-state index in [2.05, 4.69) is 20.2 Å². The second-order valence-electron chi connectivity index (χ2n) is 5.14. The van der Waals surface area contributed by atoms with E-state index in [1.54, 1.807) is 12.1 Å². The number of rotatable bonds is 6. The minimum Gasteiger partial charge on any atom is -0.468 e. The first kappa shape index (κ1) is 17.5. The Hall–Kier alpha value is -3.30. The van der Waals surface area contributed by atoms with Crippen molar-refractivity contribution in [1.29, 1.82) is 0 Å². The minimum absolute atomic E-state index is 0.0407. The van der Waals surface area contributed by atoms with Gasteiger partial charge in [0.1, 0.15) is 0 Å². The summed E-state index contributed by atoms with van der Waals surface area (Å²) in [4.78, 5) is 15.8. The number of nitrogens with one attached hydrogen (secondary N) is 1. The molecule has 1 amide bonds. The number of amides is 1. The Morgan fingerprint density at radius 1 is 1.23 bits per heavy atom. The van der Waals surface area contributed by atoms with Gasteiger partial charge in [-0.15, -0.1) is 0 Å². The lowest BCUT2D eigenvalue weighted by Crippen LogP contribution is -2.23. The second kappa shape index (κ2) is 7.30. The Kier molecular flexibility index (Phi) is 4.92. The molecule has 0 aliphatic rings. The van der Waals surface area contributed by atoms with Gasteiger partial charge >= 0.3 is 6.18 Å². The van der Waals surface area contributed by atoms with Gasteiger partial charge in [0.25, 0.3) is 5.91 Å². The monoisotopic (exact) mass is 367 g/mol. The smallest absolute Gasteiger partial charge is 0.422 e. The molecule has 0 atom stereocenters. The zero-order chi connectivity index (χ0) is 18.6. The van der Waals surface area contributed by atoms with Crippen molar-refractivity contribution in [3.63, 3.8) is 0 Å². The van der Waals surface area contributed by atoms with Crippen LogP contribution in [0.4, 0.5) is 13.2 Å². The third-order valence-corrected chi connectivity index (χ3v) is 3.14. The Labute approximate surface area is 144 Å². The molecule has 1 N–H and O–H groups in total. The molecule has 3 aromatic rings. The van der Waals surface area contributed by atoms with Gasteiger partial charge in [-0.1, -0.05) is 5.16 Å². The SMILES string of the molecule is O=C(NCc1ccnc(OCC(F)(F)F)c1)c1cc(-c2ccco2)on1. The first-order valence-corrected chi connectivity index (χ1v) is 7.34. The largest absolute Gasteiger partial charge is 0.468 e. The average Bonchev–Trinajstić information content (AvgIpc) is 3.28. The van der Waals surface area contributed by atoms with E-state index in [4.69, 9.17) is 8.94 Å². The summed E-state index contributed by atoms with van der Waals surface area (Å²) in [6, 6.07) is 7.58. The van der Waals surface area contributed by atoms with Crippen LogP contribution in [-0.2, 0) is 6.54 Å². The molecule has 3 rings (SSSR count). The number of nitrogens with zero attached hydrogens (tertiary/aromatic N) is 2. The standard InChI is InChI=1S/C16H12F3N3O4/c17-16(18,19)9-25-14-6-10(3-4-20-14)8-21-15(23)11-7-13(26-22-11)12-2-1-5-24-12/h1-7H,8-9H2,(H,21,23). The van der Waals surface area contributed by atoms with Gasteiger partial charge in [-0.05, 0) is 23.8 Å². The van der Waals surface area contributed by atoms with E-state index in [0.717, 1.165) is 0 Å². The first-order valence-electron chi connectivity index (χ1n) is 7.34. The van der Waals surface area contributed by atoms with E-state index >= 15 is 0 Å². The number of hydrogen-bond donors (Lipinski definition) is 1. The van der Waals surface area contributed by atoms with Crippen LogP contribution < -0.4 is 10.1 Å². The highest BCUT2D eigenvalue weighted by Gasteiger charge is 2.28. The second-order valence-corrected chi connectivity index (χ2v) is 5.14. The van der Waals surface area contributed by atoms with Gasteiger partial charge in [0, 0.05) is 24.9 Å². The Balaban J connectivity index is 1.58. The number of carbonyl (C=O) groups is 1. The number of alkyl halides is 3. The number of halogens is 3. The fourth-order valence-corrected chi connectivity index (χ4v) is 1.99. The quantitative estimate of drug-likeness (QED) is 0.720. The highest BCUT2D eigenvalue weighted by molar-refractivity contribution is 5.92. The molecule has 7 nitrogen and oxygen atoms in total. The van der Waals surface area contributed by atoms with Crippen LogP contribution >= 0.6 is 0 Å². The summed E-state index contributed by atoms with van der Waals surface area (Å²) in [6.07, 6.45) is -1.71. The first-order chi connectivity index (χ1) is 12.4. The Bertz CT molecular complexity index is 875. The summed E-state index contributed by atoms with van der Waals surface area (Å²) in [5, 5.41) is 6.23. The summed E-state index contributed by atoms with van der Waals surface area (Å²) in [5.74, 6) is 0.0285. The van der Waals surface area contributed by atoms with E-state index in [0.29, 0.717) is 17.1 Å². The lowest BCUT2D eigenvalue weighted by molar-refractivity contribution is -0.154. The van der Waals surface area contributed by atoms with E-state index in [1.165, 1.54) is 30.7 Å². The number of ether oxygens (including phenoxy) is 1. The van der Waals surface area contributed by atoms with Crippen molar-refractivity contribution in [2.45, 2.75) is 12.7 Å². The lowest BCUT2D eigenvalue weighted by Gasteiger charge is -2.09. The topological polar surface area (TPSA) is 90.4 Å². The number of pyridine rings is 1. The molecule has 0 bridgehead atoms. The Morgan fingerprint density at radius 2 is 2.08 bits per heavy atom. The zero-order valence-electron chi connectivity index (χ0n) is 13.1. The predicted octanol–water partition coefficient (Wildman–Crippen LogP) is 3.20. The molecule has 0 saturated carbocycles. The zero-order valence-corrected chi connectivity index (χ0v) is 13.1.